The van der Waals surface area contributed by atoms with E-state index in [2.05, 4.69) is 10.6 Å². The average molecular weight is 333 g/mol. The summed E-state index contributed by atoms with van der Waals surface area (Å²) in [6, 6.07) is 6.91. The van der Waals surface area contributed by atoms with Crippen LogP contribution in [-0.2, 0) is 4.79 Å². The lowest BCUT2D eigenvalue weighted by atomic mass is 10.0. The molecule has 3 amide bonds. The van der Waals surface area contributed by atoms with Crippen LogP contribution in [-0.4, -0.2) is 42.6 Å². The monoisotopic (exact) mass is 333 g/mol. The highest BCUT2D eigenvalue weighted by Gasteiger charge is 2.29. The van der Waals surface area contributed by atoms with E-state index in [1.165, 1.54) is 0 Å². The van der Waals surface area contributed by atoms with Crippen molar-refractivity contribution in [2.75, 3.05) is 19.7 Å². The molecule has 1 fully saturated rings. The minimum atomic E-state index is -0.466. The highest BCUT2D eigenvalue weighted by Crippen LogP contribution is 2.27. The zero-order valence-electron chi connectivity index (χ0n) is 14.7. The molecule has 2 N–H and O–H groups in total. The minimum Gasteiger partial charge on any atom is -0.494 e. The SMILES string of the molecule is CCOc1ccccc1[C@@H](CC)NC(=O)N1CCCNC(=O)[C@@H]1C. The van der Waals surface area contributed by atoms with Crippen LogP contribution in [0.2, 0.25) is 0 Å². The van der Waals surface area contributed by atoms with Gasteiger partial charge in [-0.1, -0.05) is 25.1 Å². The van der Waals surface area contributed by atoms with Gasteiger partial charge in [0.15, 0.2) is 0 Å². The first-order valence-corrected chi connectivity index (χ1v) is 8.65. The Balaban J connectivity index is 2.14. The molecule has 0 unspecified atom stereocenters. The Morgan fingerprint density at radius 3 is 2.88 bits per heavy atom. The number of carbonyl (C=O) groups is 2. The molecular weight excluding hydrogens is 306 g/mol. The number of carbonyl (C=O) groups excluding carboxylic acids is 2. The smallest absolute Gasteiger partial charge is 0.318 e. The van der Waals surface area contributed by atoms with Gasteiger partial charge < -0.3 is 20.3 Å². The quantitative estimate of drug-likeness (QED) is 0.869. The second kappa shape index (κ2) is 8.57. The van der Waals surface area contributed by atoms with Crippen LogP contribution in [0.1, 0.15) is 45.2 Å². The van der Waals surface area contributed by atoms with Gasteiger partial charge in [-0.2, -0.15) is 0 Å². The molecule has 1 aliphatic rings. The second-order valence-electron chi connectivity index (χ2n) is 5.90. The molecule has 1 saturated heterocycles. The summed E-state index contributed by atoms with van der Waals surface area (Å²) < 4.78 is 5.68. The molecule has 0 aromatic heterocycles. The van der Waals surface area contributed by atoms with Crippen molar-refractivity contribution in [2.45, 2.75) is 45.7 Å². The molecule has 0 spiro atoms. The van der Waals surface area contributed by atoms with E-state index in [1.54, 1.807) is 11.8 Å². The first-order valence-electron chi connectivity index (χ1n) is 8.65. The van der Waals surface area contributed by atoms with Crippen LogP contribution < -0.4 is 15.4 Å². The van der Waals surface area contributed by atoms with E-state index in [9.17, 15) is 9.59 Å². The third-order valence-corrected chi connectivity index (χ3v) is 4.28. The molecule has 24 heavy (non-hydrogen) atoms. The number of amides is 3. The first kappa shape index (κ1) is 18.1. The summed E-state index contributed by atoms with van der Waals surface area (Å²) in [5.74, 6) is 0.680. The van der Waals surface area contributed by atoms with Gasteiger partial charge in [0.05, 0.1) is 12.6 Å². The van der Waals surface area contributed by atoms with Crippen molar-refractivity contribution < 1.29 is 14.3 Å². The van der Waals surface area contributed by atoms with Gasteiger partial charge in [0.25, 0.3) is 0 Å². The average Bonchev–Trinajstić information content (AvgIpc) is 2.75. The first-order chi connectivity index (χ1) is 11.6. The van der Waals surface area contributed by atoms with Crippen molar-refractivity contribution in [1.82, 2.24) is 15.5 Å². The fraction of sp³-hybridized carbons (Fsp3) is 0.556. The normalized spacial score (nSPS) is 19.2. The lowest BCUT2D eigenvalue weighted by molar-refractivity contribution is -0.124. The van der Waals surface area contributed by atoms with Crippen molar-refractivity contribution in [1.29, 1.82) is 0 Å². The highest BCUT2D eigenvalue weighted by molar-refractivity contribution is 5.87. The minimum absolute atomic E-state index is 0.106. The van der Waals surface area contributed by atoms with Crippen LogP contribution in [0.3, 0.4) is 0 Å². The lowest BCUT2D eigenvalue weighted by Gasteiger charge is -2.29. The van der Waals surface area contributed by atoms with E-state index in [0.29, 0.717) is 19.7 Å². The summed E-state index contributed by atoms with van der Waals surface area (Å²) in [7, 11) is 0. The molecule has 0 radical (unpaired) electrons. The molecule has 1 aliphatic heterocycles. The molecule has 0 bridgehead atoms. The Kier molecular flexibility index (Phi) is 6.46. The summed E-state index contributed by atoms with van der Waals surface area (Å²) in [5.41, 5.74) is 0.960. The Morgan fingerprint density at radius 2 is 2.17 bits per heavy atom. The Labute approximate surface area is 143 Å². The van der Waals surface area contributed by atoms with Gasteiger partial charge in [0.1, 0.15) is 11.8 Å². The highest BCUT2D eigenvalue weighted by atomic mass is 16.5. The topological polar surface area (TPSA) is 70.7 Å². The Hall–Kier alpha value is -2.24. The van der Waals surface area contributed by atoms with Gasteiger partial charge in [-0.25, -0.2) is 4.79 Å². The molecule has 1 aromatic carbocycles. The maximum Gasteiger partial charge on any atom is 0.318 e. The number of nitrogens with zero attached hydrogens (tertiary/aromatic N) is 1. The van der Waals surface area contributed by atoms with Gasteiger partial charge in [-0.15, -0.1) is 0 Å². The zero-order chi connectivity index (χ0) is 17.5. The molecule has 2 atom stereocenters. The third kappa shape index (κ3) is 4.19. The predicted octanol–water partition coefficient (Wildman–Crippen LogP) is 2.46. The van der Waals surface area contributed by atoms with E-state index in [4.69, 9.17) is 4.74 Å². The van der Waals surface area contributed by atoms with Crippen molar-refractivity contribution in [3.8, 4) is 5.75 Å². The van der Waals surface area contributed by atoms with Gasteiger partial charge >= 0.3 is 6.03 Å². The lowest BCUT2D eigenvalue weighted by Crippen LogP contribution is -2.50. The number of nitrogens with one attached hydrogen (secondary N) is 2. The maximum absolute atomic E-state index is 12.7. The zero-order valence-corrected chi connectivity index (χ0v) is 14.7. The maximum atomic E-state index is 12.7. The summed E-state index contributed by atoms with van der Waals surface area (Å²) >= 11 is 0. The number of urea groups is 1. The summed E-state index contributed by atoms with van der Waals surface area (Å²) in [6.07, 6.45) is 1.50. The molecular formula is C18H27N3O3. The van der Waals surface area contributed by atoms with Crippen molar-refractivity contribution in [2.24, 2.45) is 0 Å². The standard InChI is InChI=1S/C18H27N3O3/c1-4-15(14-9-6-7-10-16(14)24-5-2)20-18(23)21-12-8-11-19-17(22)13(21)3/h6-7,9-10,13,15H,4-5,8,11-12H2,1-3H3,(H,19,22)(H,20,23)/t13-,15+/m0/s1. The Bertz CT molecular complexity index is 576. The van der Waals surface area contributed by atoms with Crippen LogP contribution in [0, 0.1) is 0 Å². The van der Waals surface area contributed by atoms with Crippen LogP contribution in [0.5, 0.6) is 5.75 Å². The van der Waals surface area contributed by atoms with Gasteiger partial charge in [-0.3, -0.25) is 4.79 Å². The van der Waals surface area contributed by atoms with Gasteiger partial charge in [0, 0.05) is 18.7 Å². The van der Waals surface area contributed by atoms with Crippen LogP contribution in [0.15, 0.2) is 24.3 Å². The number of hydrogen-bond donors (Lipinski definition) is 2. The van der Waals surface area contributed by atoms with E-state index >= 15 is 0 Å². The number of rotatable bonds is 5. The van der Waals surface area contributed by atoms with Gasteiger partial charge in [-0.05, 0) is 32.8 Å². The van der Waals surface area contributed by atoms with E-state index in [1.807, 2.05) is 38.1 Å². The Morgan fingerprint density at radius 1 is 1.42 bits per heavy atom. The number of hydrogen-bond acceptors (Lipinski definition) is 3. The van der Waals surface area contributed by atoms with E-state index in [0.717, 1.165) is 24.2 Å². The van der Waals surface area contributed by atoms with Crippen molar-refractivity contribution in [3.05, 3.63) is 29.8 Å². The van der Waals surface area contributed by atoms with Gasteiger partial charge in [0.2, 0.25) is 5.91 Å². The largest absolute Gasteiger partial charge is 0.494 e. The molecule has 6 nitrogen and oxygen atoms in total. The third-order valence-electron chi connectivity index (χ3n) is 4.28. The fourth-order valence-electron chi connectivity index (χ4n) is 2.91. The number of para-hydroxylation sites is 1. The molecule has 1 heterocycles. The fourth-order valence-corrected chi connectivity index (χ4v) is 2.91. The molecule has 6 heteroatoms. The van der Waals surface area contributed by atoms with Crippen molar-refractivity contribution >= 4 is 11.9 Å². The molecule has 2 rings (SSSR count). The summed E-state index contributed by atoms with van der Waals surface area (Å²) in [5, 5.41) is 5.88. The number of ether oxygens (including phenoxy) is 1. The molecule has 1 aromatic rings. The van der Waals surface area contributed by atoms with E-state index < -0.39 is 6.04 Å². The molecule has 132 valence electrons. The predicted molar refractivity (Wildman–Crippen MR) is 93.0 cm³/mol. The summed E-state index contributed by atoms with van der Waals surface area (Å²) in [6.45, 7) is 7.47. The van der Waals surface area contributed by atoms with Crippen molar-refractivity contribution in [3.63, 3.8) is 0 Å². The molecule has 0 aliphatic carbocycles. The van der Waals surface area contributed by atoms with Crippen LogP contribution >= 0.6 is 0 Å². The summed E-state index contributed by atoms with van der Waals surface area (Å²) in [4.78, 5) is 26.3. The second-order valence-corrected chi connectivity index (χ2v) is 5.90. The van der Waals surface area contributed by atoms with Crippen LogP contribution in [0.4, 0.5) is 4.79 Å². The number of benzene rings is 1. The van der Waals surface area contributed by atoms with Crippen LogP contribution in [0.25, 0.3) is 0 Å². The van der Waals surface area contributed by atoms with E-state index in [-0.39, 0.29) is 18.0 Å². The molecule has 0 saturated carbocycles.